The van der Waals surface area contributed by atoms with E-state index in [0.717, 1.165) is 36.4 Å². The molecular weight excluding hydrogens is 200 g/mol. The van der Waals surface area contributed by atoms with E-state index in [2.05, 4.69) is 21.5 Å². The van der Waals surface area contributed by atoms with Gasteiger partial charge in [0.1, 0.15) is 11.3 Å². The second kappa shape index (κ2) is 5.07. The highest BCUT2D eigenvalue weighted by molar-refractivity contribution is 5.71. The summed E-state index contributed by atoms with van der Waals surface area (Å²) < 4.78 is 2.20. The van der Waals surface area contributed by atoms with Gasteiger partial charge >= 0.3 is 0 Å². The zero-order chi connectivity index (χ0) is 11.4. The molecule has 0 aromatic carbocycles. The lowest BCUT2D eigenvalue weighted by Crippen LogP contribution is -2.10. The number of rotatable bonds is 5. The summed E-state index contributed by atoms with van der Waals surface area (Å²) in [4.78, 5) is 8.97. The Balaban J connectivity index is 2.42. The summed E-state index contributed by atoms with van der Waals surface area (Å²) in [5.41, 5.74) is 7.57. The molecule has 0 aliphatic heterocycles. The first-order valence-corrected chi connectivity index (χ1v) is 5.87. The number of imidazole rings is 1. The van der Waals surface area contributed by atoms with Crippen LogP contribution in [0.25, 0.3) is 11.2 Å². The molecule has 0 amide bonds. The maximum atomic E-state index is 5.61. The molecule has 2 aromatic heterocycles. The molecule has 0 saturated heterocycles. The molecule has 0 fully saturated rings. The first-order valence-electron chi connectivity index (χ1n) is 5.87. The van der Waals surface area contributed by atoms with E-state index in [1.807, 2.05) is 18.3 Å². The molecule has 0 aliphatic rings. The molecule has 2 rings (SSSR count). The maximum absolute atomic E-state index is 5.61. The predicted octanol–water partition coefficient (Wildman–Crippen LogP) is 1.73. The molecule has 2 N–H and O–H groups in total. The van der Waals surface area contributed by atoms with Crippen LogP contribution in [-0.4, -0.2) is 21.1 Å². The Hall–Kier alpha value is -1.42. The second-order valence-corrected chi connectivity index (χ2v) is 3.92. The largest absolute Gasteiger partial charge is 0.330 e. The minimum absolute atomic E-state index is 0.634. The van der Waals surface area contributed by atoms with Crippen molar-refractivity contribution >= 4 is 11.2 Å². The Kier molecular flexibility index (Phi) is 3.51. The van der Waals surface area contributed by atoms with Crippen molar-refractivity contribution in [3.63, 3.8) is 0 Å². The van der Waals surface area contributed by atoms with Crippen LogP contribution in [0.4, 0.5) is 0 Å². The van der Waals surface area contributed by atoms with Crippen LogP contribution in [-0.2, 0) is 13.0 Å². The van der Waals surface area contributed by atoms with Gasteiger partial charge in [-0.05, 0) is 25.1 Å². The average Bonchev–Trinajstić information content (AvgIpc) is 2.65. The third kappa shape index (κ3) is 2.07. The van der Waals surface area contributed by atoms with E-state index in [-0.39, 0.29) is 0 Å². The number of nitrogens with two attached hydrogens (primary N) is 1. The summed E-state index contributed by atoms with van der Waals surface area (Å²) in [5, 5.41) is 0. The summed E-state index contributed by atoms with van der Waals surface area (Å²) in [6, 6.07) is 3.93. The highest BCUT2D eigenvalue weighted by Crippen LogP contribution is 2.14. The standard InChI is InChI=1S/C12H18N4/c1-2-3-9-16-11(6-7-13)15-10-5-4-8-14-12(10)16/h4-5,8H,2-3,6-7,9,13H2,1H3. The molecule has 2 heterocycles. The molecule has 4 heteroatoms. The fourth-order valence-electron chi connectivity index (χ4n) is 1.88. The molecule has 2 aromatic rings. The van der Waals surface area contributed by atoms with Crippen molar-refractivity contribution in [2.45, 2.75) is 32.7 Å². The van der Waals surface area contributed by atoms with Crippen LogP contribution in [0.2, 0.25) is 0 Å². The lowest BCUT2D eigenvalue weighted by molar-refractivity contribution is 0.611. The van der Waals surface area contributed by atoms with Gasteiger partial charge in [0, 0.05) is 19.2 Å². The summed E-state index contributed by atoms with van der Waals surface area (Å²) in [6.07, 6.45) is 4.97. The second-order valence-electron chi connectivity index (χ2n) is 3.92. The normalized spacial score (nSPS) is 11.1. The van der Waals surface area contributed by atoms with Crippen molar-refractivity contribution in [1.82, 2.24) is 14.5 Å². The Bertz CT molecular complexity index is 461. The minimum Gasteiger partial charge on any atom is -0.330 e. The van der Waals surface area contributed by atoms with E-state index in [1.165, 1.54) is 6.42 Å². The predicted molar refractivity (Wildman–Crippen MR) is 65.2 cm³/mol. The van der Waals surface area contributed by atoms with Crippen LogP contribution in [0.15, 0.2) is 18.3 Å². The van der Waals surface area contributed by atoms with Gasteiger partial charge < -0.3 is 10.3 Å². The van der Waals surface area contributed by atoms with Crippen LogP contribution in [0.1, 0.15) is 25.6 Å². The first kappa shape index (κ1) is 11.1. The number of aromatic nitrogens is 3. The molecule has 0 radical (unpaired) electrons. The molecule has 0 aliphatic carbocycles. The first-order chi connectivity index (χ1) is 7.86. The van der Waals surface area contributed by atoms with Gasteiger partial charge in [-0.15, -0.1) is 0 Å². The molecule has 86 valence electrons. The number of hydrogen-bond acceptors (Lipinski definition) is 3. The molecule has 16 heavy (non-hydrogen) atoms. The van der Waals surface area contributed by atoms with Crippen LogP contribution >= 0.6 is 0 Å². The van der Waals surface area contributed by atoms with Gasteiger partial charge in [-0.3, -0.25) is 0 Å². The third-order valence-corrected chi connectivity index (χ3v) is 2.69. The highest BCUT2D eigenvalue weighted by atomic mass is 15.1. The summed E-state index contributed by atoms with van der Waals surface area (Å²) in [5.74, 6) is 1.06. The summed E-state index contributed by atoms with van der Waals surface area (Å²) >= 11 is 0. The summed E-state index contributed by atoms with van der Waals surface area (Å²) in [7, 11) is 0. The molecule has 0 spiro atoms. The Morgan fingerprint density at radius 1 is 1.44 bits per heavy atom. The van der Waals surface area contributed by atoms with Gasteiger partial charge in [-0.1, -0.05) is 13.3 Å². The lowest BCUT2D eigenvalue weighted by Gasteiger charge is -2.06. The van der Waals surface area contributed by atoms with E-state index in [4.69, 9.17) is 5.73 Å². The van der Waals surface area contributed by atoms with Crippen LogP contribution in [0, 0.1) is 0 Å². The quantitative estimate of drug-likeness (QED) is 0.831. The number of nitrogens with zero attached hydrogens (tertiary/aromatic N) is 3. The Morgan fingerprint density at radius 2 is 2.31 bits per heavy atom. The number of hydrogen-bond donors (Lipinski definition) is 1. The van der Waals surface area contributed by atoms with E-state index < -0.39 is 0 Å². The van der Waals surface area contributed by atoms with Gasteiger partial charge in [0.15, 0.2) is 5.65 Å². The van der Waals surface area contributed by atoms with Crippen molar-refractivity contribution in [3.8, 4) is 0 Å². The lowest BCUT2D eigenvalue weighted by atomic mass is 10.3. The van der Waals surface area contributed by atoms with Gasteiger partial charge in [-0.25, -0.2) is 9.97 Å². The van der Waals surface area contributed by atoms with Crippen LogP contribution in [0.5, 0.6) is 0 Å². The van der Waals surface area contributed by atoms with E-state index in [1.54, 1.807) is 0 Å². The molecular formula is C12H18N4. The Morgan fingerprint density at radius 3 is 3.06 bits per heavy atom. The van der Waals surface area contributed by atoms with Gasteiger partial charge in [0.05, 0.1) is 0 Å². The maximum Gasteiger partial charge on any atom is 0.159 e. The fraction of sp³-hybridized carbons (Fsp3) is 0.500. The fourth-order valence-corrected chi connectivity index (χ4v) is 1.88. The molecule has 4 nitrogen and oxygen atoms in total. The zero-order valence-corrected chi connectivity index (χ0v) is 9.69. The number of pyridine rings is 1. The number of unbranched alkanes of at least 4 members (excludes halogenated alkanes) is 1. The van der Waals surface area contributed by atoms with Gasteiger partial charge in [-0.2, -0.15) is 0 Å². The monoisotopic (exact) mass is 218 g/mol. The van der Waals surface area contributed by atoms with Crippen molar-refractivity contribution in [2.24, 2.45) is 5.73 Å². The number of fused-ring (bicyclic) bond motifs is 1. The highest BCUT2D eigenvalue weighted by Gasteiger charge is 2.09. The van der Waals surface area contributed by atoms with Crippen molar-refractivity contribution in [2.75, 3.05) is 6.54 Å². The minimum atomic E-state index is 0.634. The van der Waals surface area contributed by atoms with Crippen molar-refractivity contribution in [3.05, 3.63) is 24.2 Å². The molecule has 0 bridgehead atoms. The molecule has 0 atom stereocenters. The van der Waals surface area contributed by atoms with Crippen LogP contribution in [0.3, 0.4) is 0 Å². The van der Waals surface area contributed by atoms with E-state index in [9.17, 15) is 0 Å². The van der Waals surface area contributed by atoms with Gasteiger partial charge in [0.2, 0.25) is 0 Å². The van der Waals surface area contributed by atoms with Crippen molar-refractivity contribution < 1.29 is 0 Å². The Labute approximate surface area is 95.5 Å². The summed E-state index contributed by atoms with van der Waals surface area (Å²) in [6.45, 7) is 3.81. The van der Waals surface area contributed by atoms with Gasteiger partial charge in [0.25, 0.3) is 0 Å². The van der Waals surface area contributed by atoms with E-state index >= 15 is 0 Å². The van der Waals surface area contributed by atoms with Crippen LogP contribution < -0.4 is 5.73 Å². The molecule has 0 saturated carbocycles. The zero-order valence-electron chi connectivity index (χ0n) is 9.69. The topological polar surface area (TPSA) is 56.7 Å². The smallest absolute Gasteiger partial charge is 0.159 e. The third-order valence-electron chi connectivity index (χ3n) is 2.69. The SMILES string of the molecule is CCCCn1c(CCN)nc2cccnc21. The van der Waals surface area contributed by atoms with E-state index in [0.29, 0.717) is 6.54 Å². The number of aryl methyl sites for hydroxylation is 1. The molecule has 0 unspecified atom stereocenters. The van der Waals surface area contributed by atoms with Crippen molar-refractivity contribution in [1.29, 1.82) is 0 Å². The average molecular weight is 218 g/mol.